The van der Waals surface area contributed by atoms with Crippen molar-refractivity contribution in [3.63, 3.8) is 0 Å². The molecule has 0 aliphatic carbocycles. The molecule has 4 amide bonds. The van der Waals surface area contributed by atoms with Crippen molar-refractivity contribution in [1.29, 1.82) is 0 Å². The summed E-state index contributed by atoms with van der Waals surface area (Å²) >= 11 is 6.28. The number of nitrogens with zero attached hydrogens (tertiary/aromatic N) is 1. The third-order valence-electron chi connectivity index (χ3n) is 6.16. The first-order valence-corrected chi connectivity index (χ1v) is 12.9. The molecule has 0 unspecified atom stereocenters. The van der Waals surface area contributed by atoms with Gasteiger partial charge in [-0.15, -0.1) is 0 Å². The van der Waals surface area contributed by atoms with Crippen LogP contribution in [0.15, 0.2) is 66.7 Å². The average Bonchev–Trinajstić information content (AvgIpc) is 2.94. The Hall–Kier alpha value is -4.21. The predicted octanol–water partition coefficient (Wildman–Crippen LogP) is 5.99. The van der Waals surface area contributed by atoms with Crippen molar-refractivity contribution < 1.29 is 24.2 Å². The number of carbonyl (C=O) groups excluding carboxylic acids is 2. The maximum atomic E-state index is 12.8. The molecule has 4 rings (SSSR count). The maximum absolute atomic E-state index is 12.8. The Bertz CT molecular complexity index is 1360. The number of nitrogens with one attached hydrogen (secondary N) is 3. The van der Waals surface area contributed by atoms with Crippen LogP contribution >= 0.6 is 11.6 Å². The van der Waals surface area contributed by atoms with Gasteiger partial charge in [0.05, 0.1) is 30.1 Å². The van der Waals surface area contributed by atoms with Crippen molar-refractivity contribution in [3.8, 4) is 11.5 Å². The lowest BCUT2D eigenvalue weighted by molar-refractivity contribution is 0.201. The zero-order chi connectivity index (χ0) is 27.8. The Morgan fingerprint density at radius 1 is 1.00 bits per heavy atom. The van der Waals surface area contributed by atoms with Crippen LogP contribution in [0.4, 0.5) is 26.7 Å². The third-order valence-corrected chi connectivity index (χ3v) is 6.47. The van der Waals surface area contributed by atoms with Gasteiger partial charge >= 0.3 is 12.1 Å². The molecular formula is C29H31ClN4O5. The first-order chi connectivity index (χ1) is 18.9. The molecule has 0 spiro atoms. The summed E-state index contributed by atoms with van der Waals surface area (Å²) < 4.78 is 10.6. The molecule has 3 aromatic rings. The highest BCUT2D eigenvalue weighted by molar-refractivity contribution is 6.33. The van der Waals surface area contributed by atoms with Gasteiger partial charge in [0.25, 0.3) is 0 Å². The lowest BCUT2D eigenvalue weighted by Gasteiger charge is -2.27. The molecule has 0 radical (unpaired) electrons. The molecule has 1 aliphatic heterocycles. The van der Waals surface area contributed by atoms with Crippen molar-refractivity contribution in [2.24, 2.45) is 0 Å². The Morgan fingerprint density at radius 2 is 1.79 bits per heavy atom. The number of halogens is 1. The molecule has 0 saturated heterocycles. The molecule has 10 heteroatoms. The van der Waals surface area contributed by atoms with Crippen LogP contribution in [-0.4, -0.2) is 55.5 Å². The first-order valence-electron chi connectivity index (χ1n) is 12.5. The van der Waals surface area contributed by atoms with E-state index >= 15 is 0 Å². The molecule has 1 heterocycles. The maximum Gasteiger partial charge on any atom is 0.323 e. The molecule has 9 nitrogen and oxygen atoms in total. The number of aliphatic hydroxyl groups excluding tert-OH is 1. The Kier molecular flexibility index (Phi) is 9.30. The molecular weight excluding hydrogens is 520 g/mol. The fourth-order valence-corrected chi connectivity index (χ4v) is 4.35. The average molecular weight is 551 g/mol. The fourth-order valence-electron chi connectivity index (χ4n) is 4.13. The van der Waals surface area contributed by atoms with Gasteiger partial charge in [-0.05, 0) is 66.4 Å². The number of anilines is 3. The number of ether oxygens (including phenoxy) is 2. The van der Waals surface area contributed by atoms with Crippen LogP contribution in [0.25, 0.3) is 5.57 Å². The van der Waals surface area contributed by atoms with Crippen LogP contribution < -0.4 is 25.4 Å². The quantitative estimate of drug-likeness (QED) is 0.275. The molecule has 0 fully saturated rings. The molecule has 4 N–H and O–H groups in total. The van der Waals surface area contributed by atoms with E-state index in [4.69, 9.17) is 26.2 Å². The lowest BCUT2D eigenvalue weighted by Crippen LogP contribution is -2.37. The van der Waals surface area contributed by atoms with Gasteiger partial charge < -0.3 is 35.4 Å². The minimum absolute atomic E-state index is 0.0940. The van der Waals surface area contributed by atoms with E-state index in [9.17, 15) is 9.59 Å². The van der Waals surface area contributed by atoms with Crippen LogP contribution in [0.5, 0.6) is 11.5 Å². The number of methoxy groups -OCH3 is 1. The summed E-state index contributed by atoms with van der Waals surface area (Å²) in [6.45, 7) is 3.02. The number of aliphatic hydroxyl groups is 1. The lowest BCUT2D eigenvalue weighted by atomic mass is 9.99. The molecule has 204 valence electrons. The molecule has 0 bridgehead atoms. The zero-order valence-corrected chi connectivity index (χ0v) is 22.5. The summed E-state index contributed by atoms with van der Waals surface area (Å²) in [5.74, 6) is 1.11. The summed E-state index contributed by atoms with van der Waals surface area (Å²) in [5.41, 5.74) is 4.91. The molecule has 1 aliphatic rings. The SMILES string of the molecule is COc1ccc(C)cc1NC(=O)Nc1ccc(C2=CCN(C(=O)Nc3ccc(OCCO)cc3Cl)CC2)cc1. The van der Waals surface area contributed by atoms with Gasteiger partial charge in [-0.3, -0.25) is 0 Å². The van der Waals surface area contributed by atoms with Gasteiger partial charge in [0, 0.05) is 24.8 Å². The number of urea groups is 2. The molecule has 0 saturated carbocycles. The topological polar surface area (TPSA) is 112 Å². The smallest absolute Gasteiger partial charge is 0.323 e. The second kappa shape index (κ2) is 13.0. The van der Waals surface area contributed by atoms with Crippen molar-refractivity contribution >= 4 is 46.3 Å². The van der Waals surface area contributed by atoms with E-state index in [1.54, 1.807) is 30.2 Å². The van der Waals surface area contributed by atoms with Gasteiger partial charge in [0.15, 0.2) is 0 Å². The second-order valence-corrected chi connectivity index (χ2v) is 9.34. The number of hydrogen-bond donors (Lipinski definition) is 4. The number of aryl methyl sites for hydroxylation is 1. The number of hydrogen-bond acceptors (Lipinski definition) is 5. The molecule has 3 aromatic carbocycles. The van der Waals surface area contributed by atoms with Crippen LogP contribution in [0, 0.1) is 6.92 Å². The number of amides is 4. The highest BCUT2D eigenvalue weighted by Gasteiger charge is 2.19. The largest absolute Gasteiger partial charge is 0.495 e. The van der Waals surface area contributed by atoms with Crippen LogP contribution in [0.2, 0.25) is 5.02 Å². The normalized spacial score (nSPS) is 12.8. The van der Waals surface area contributed by atoms with E-state index in [0.717, 1.165) is 16.7 Å². The molecule has 39 heavy (non-hydrogen) atoms. The standard InChI is InChI=1S/C29H31ClN4O5/c1-19-3-10-27(38-2)26(17-19)32-28(36)31-22-6-4-20(5-7-22)21-11-13-34(14-12-21)29(37)33-25-9-8-23(18-24(25)30)39-16-15-35/h3-11,17-18,35H,12-16H2,1-2H3,(H,33,37)(H2,31,32,36). The van der Waals surface area contributed by atoms with Crippen LogP contribution in [-0.2, 0) is 0 Å². The fraction of sp³-hybridized carbons (Fsp3) is 0.241. The van der Waals surface area contributed by atoms with Gasteiger partial charge in [0.1, 0.15) is 18.1 Å². The Morgan fingerprint density at radius 3 is 2.46 bits per heavy atom. The number of carbonyl (C=O) groups is 2. The monoisotopic (exact) mass is 550 g/mol. The van der Waals surface area contributed by atoms with E-state index in [-0.39, 0.29) is 25.3 Å². The highest BCUT2D eigenvalue weighted by Crippen LogP contribution is 2.29. The van der Waals surface area contributed by atoms with Crippen molar-refractivity contribution in [1.82, 2.24) is 4.90 Å². The van der Waals surface area contributed by atoms with Gasteiger partial charge in [-0.1, -0.05) is 35.9 Å². The van der Waals surface area contributed by atoms with E-state index in [1.807, 2.05) is 55.5 Å². The summed E-state index contributed by atoms with van der Waals surface area (Å²) in [7, 11) is 1.56. The Balaban J connectivity index is 1.30. The minimum atomic E-state index is -0.363. The van der Waals surface area contributed by atoms with Crippen molar-refractivity contribution in [3.05, 3.63) is 82.9 Å². The summed E-state index contributed by atoms with van der Waals surface area (Å²) in [6.07, 6.45) is 2.71. The number of rotatable bonds is 8. The van der Waals surface area contributed by atoms with Crippen molar-refractivity contribution in [2.75, 3.05) is 49.4 Å². The summed E-state index contributed by atoms with van der Waals surface area (Å²) in [4.78, 5) is 27.0. The predicted molar refractivity (Wildman–Crippen MR) is 154 cm³/mol. The highest BCUT2D eigenvalue weighted by atomic mass is 35.5. The summed E-state index contributed by atoms with van der Waals surface area (Å²) in [5, 5.41) is 17.7. The first kappa shape index (κ1) is 27.8. The minimum Gasteiger partial charge on any atom is -0.495 e. The van der Waals surface area contributed by atoms with Gasteiger partial charge in [0.2, 0.25) is 0 Å². The van der Waals surface area contributed by atoms with E-state index < -0.39 is 0 Å². The number of benzene rings is 3. The van der Waals surface area contributed by atoms with Crippen LogP contribution in [0.1, 0.15) is 17.5 Å². The van der Waals surface area contributed by atoms with E-state index in [1.165, 1.54) is 0 Å². The second-order valence-electron chi connectivity index (χ2n) is 8.93. The summed E-state index contributed by atoms with van der Waals surface area (Å²) in [6, 6.07) is 17.5. The van der Waals surface area contributed by atoms with E-state index in [0.29, 0.717) is 53.1 Å². The van der Waals surface area contributed by atoms with Crippen LogP contribution in [0.3, 0.4) is 0 Å². The van der Waals surface area contributed by atoms with Gasteiger partial charge in [-0.2, -0.15) is 0 Å². The molecule has 0 atom stereocenters. The zero-order valence-electron chi connectivity index (χ0n) is 21.8. The van der Waals surface area contributed by atoms with E-state index in [2.05, 4.69) is 16.0 Å². The Labute approximate surface area is 232 Å². The third kappa shape index (κ3) is 7.43. The van der Waals surface area contributed by atoms with Crippen molar-refractivity contribution in [2.45, 2.75) is 13.3 Å². The van der Waals surface area contributed by atoms with Gasteiger partial charge in [-0.25, -0.2) is 9.59 Å². The molecule has 0 aromatic heterocycles.